The van der Waals surface area contributed by atoms with Crippen LogP contribution in [-0.2, 0) is 11.3 Å². The summed E-state index contributed by atoms with van der Waals surface area (Å²) in [6.45, 7) is 11.0. The predicted molar refractivity (Wildman–Crippen MR) is 104 cm³/mol. The van der Waals surface area contributed by atoms with E-state index in [-0.39, 0.29) is 35.9 Å². The van der Waals surface area contributed by atoms with E-state index in [4.69, 9.17) is 10.5 Å². The van der Waals surface area contributed by atoms with E-state index >= 15 is 0 Å². The van der Waals surface area contributed by atoms with Crippen molar-refractivity contribution in [3.05, 3.63) is 29.8 Å². The lowest BCUT2D eigenvalue weighted by molar-refractivity contribution is -0.123. The second-order valence-electron chi connectivity index (χ2n) is 7.69. The van der Waals surface area contributed by atoms with Gasteiger partial charge in [0.05, 0.1) is 12.6 Å². The van der Waals surface area contributed by atoms with Gasteiger partial charge < -0.3 is 15.8 Å². The van der Waals surface area contributed by atoms with Crippen LogP contribution in [0.15, 0.2) is 24.3 Å². The third-order valence-corrected chi connectivity index (χ3v) is 4.52. The van der Waals surface area contributed by atoms with Crippen LogP contribution >= 0.6 is 12.4 Å². The molecular formula is C19H32ClN3O2. The summed E-state index contributed by atoms with van der Waals surface area (Å²) in [6, 6.07) is 8.07. The molecule has 1 amide bonds. The Bertz CT molecular complexity index is 563. The Labute approximate surface area is 157 Å². The third-order valence-electron chi connectivity index (χ3n) is 4.52. The van der Waals surface area contributed by atoms with Gasteiger partial charge in [-0.1, -0.05) is 26.0 Å². The van der Waals surface area contributed by atoms with E-state index in [0.29, 0.717) is 13.1 Å². The Morgan fingerprint density at radius 3 is 2.80 bits per heavy atom. The van der Waals surface area contributed by atoms with Gasteiger partial charge in [-0.15, -0.1) is 12.4 Å². The van der Waals surface area contributed by atoms with E-state index in [1.54, 1.807) is 0 Å². The van der Waals surface area contributed by atoms with E-state index in [2.05, 4.69) is 24.1 Å². The van der Waals surface area contributed by atoms with E-state index in [0.717, 1.165) is 30.8 Å². The fourth-order valence-electron chi connectivity index (χ4n) is 3.08. The van der Waals surface area contributed by atoms with Gasteiger partial charge in [-0.25, -0.2) is 0 Å². The van der Waals surface area contributed by atoms with Crippen molar-refractivity contribution < 1.29 is 9.53 Å². The number of likely N-dealkylation sites (tertiary alicyclic amines) is 1. The second-order valence-corrected chi connectivity index (χ2v) is 7.69. The molecule has 5 nitrogen and oxygen atoms in total. The first kappa shape index (κ1) is 21.7. The summed E-state index contributed by atoms with van der Waals surface area (Å²) in [6.07, 6.45) is 1.08. The molecule has 1 heterocycles. The molecule has 0 spiro atoms. The molecule has 1 fully saturated rings. The number of amides is 1. The number of nitrogens with zero attached hydrogens (tertiary/aromatic N) is 1. The minimum atomic E-state index is 0. The summed E-state index contributed by atoms with van der Waals surface area (Å²) in [5.41, 5.74) is 7.25. The molecule has 1 aromatic carbocycles. The maximum atomic E-state index is 12.2. The molecule has 2 rings (SSSR count). The topological polar surface area (TPSA) is 67.6 Å². The largest absolute Gasteiger partial charge is 0.491 e. The Balaban J connectivity index is 0.00000312. The summed E-state index contributed by atoms with van der Waals surface area (Å²) in [4.78, 5) is 14.4. The molecule has 0 bridgehead atoms. The zero-order valence-electron chi connectivity index (χ0n) is 15.7. The van der Waals surface area contributed by atoms with Crippen LogP contribution in [0.5, 0.6) is 5.75 Å². The summed E-state index contributed by atoms with van der Waals surface area (Å²) in [5, 5.41) is 3.00. The van der Waals surface area contributed by atoms with Crippen molar-refractivity contribution in [3.8, 4) is 5.75 Å². The first-order valence-corrected chi connectivity index (χ1v) is 8.76. The van der Waals surface area contributed by atoms with E-state index in [1.165, 1.54) is 0 Å². The normalized spacial score (nSPS) is 20.0. The number of benzene rings is 1. The van der Waals surface area contributed by atoms with Gasteiger partial charge in [-0.05, 0) is 43.4 Å². The van der Waals surface area contributed by atoms with Crippen LogP contribution in [0, 0.1) is 5.41 Å². The van der Waals surface area contributed by atoms with Crippen molar-refractivity contribution in [1.82, 2.24) is 10.2 Å². The molecule has 6 heteroatoms. The predicted octanol–water partition coefficient (Wildman–Crippen LogP) is 2.57. The molecule has 0 aromatic heterocycles. The molecule has 3 N–H and O–H groups in total. The first-order valence-electron chi connectivity index (χ1n) is 8.76. The van der Waals surface area contributed by atoms with E-state index < -0.39 is 0 Å². The van der Waals surface area contributed by atoms with Crippen molar-refractivity contribution in [2.75, 3.05) is 19.6 Å². The van der Waals surface area contributed by atoms with E-state index in [9.17, 15) is 4.79 Å². The lowest BCUT2D eigenvalue weighted by atomic mass is 9.80. The number of carbonyl (C=O) groups is 1. The highest BCUT2D eigenvalue weighted by atomic mass is 35.5. The molecule has 1 saturated heterocycles. The van der Waals surface area contributed by atoms with Crippen molar-refractivity contribution >= 4 is 18.3 Å². The average Bonchev–Trinajstić information content (AvgIpc) is 2.48. The zero-order chi connectivity index (χ0) is 17.7. The Hall–Kier alpha value is -1.30. The Morgan fingerprint density at radius 2 is 2.16 bits per heavy atom. The Morgan fingerprint density at radius 1 is 1.44 bits per heavy atom. The molecule has 0 aliphatic carbocycles. The number of hydrogen-bond donors (Lipinski definition) is 2. The second kappa shape index (κ2) is 9.41. The van der Waals surface area contributed by atoms with Gasteiger partial charge in [0.25, 0.3) is 0 Å². The van der Waals surface area contributed by atoms with Gasteiger partial charge >= 0.3 is 0 Å². The third kappa shape index (κ3) is 6.84. The highest BCUT2D eigenvalue weighted by Crippen LogP contribution is 2.27. The van der Waals surface area contributed by atoms with Crippen molar-refractivity contribution in [1.29, 1.82) is 0 Å². The smallest absolute Gasteiger partial charge is 0.234 e. The molecular weight excluding hydrogens is 338 g/mol. The molecule has 1 unspecified atom stereocenters. The molecule has 1 aliphatic rings. The van der Waals surface area contributed by atoms with Gasteiger partial charge in [-0.3, -0.25) is 9.69 Å². The maximum absolute atomic E-state index is 12.2. The number of ether oxygens (including phenoxy) is 1. The summed E-state index contributed by atoms with van der Waals surface area (Å²) >= 11 is 0. The number of carbonyl (C=O) groups excluding carboxylic acids is 1. The molecule has 25 heavy (non-hydrogen) atoms. The number of piperidine rings is 1. The average molecular weight is 370 g/mol. The summed E-state index contributed by atoms with van der Waals surface area (Å²) in [5.74, 6) is 0.889. The lowest BCUT2D eigenvalue weighted by Crippen LogP contribution is -2.54. The van der Waals surface area contributed by atoms with Crippen LogP contribution in [0.1, 0.15) is 39.7 Å². The number of nitrogens with one attached hydrogen (secondary N) is 1. The van der Waals surface area contributed by atoms with Crippen molar-refractivity contribution in [2.24, 2.45) is 11.1 Å². The highest BCUT2D eigenvalue weighted by molar-refractivity contribution is 5.85. The number of hydrogen-bond acceptors (Lipinski definition) is 4. The Kier molecular flexibility index (Phi) is 8.19. The van der Waals surface area contributed by atoms with Crippen LogP contribution in [0.25, 0.3) is 0 Å². The van der Waals surface area contributed by atoms with Gasteiger partial charge in [-0.2, -0.15) is 0 Å². The van der Waals surface area contributed by atoms with Crippen LogP contribution in [0.4, 0.5) is 0 Å². The fourth-order valence-corrected chi connectivity index (χ4v) is 3.08. The number of rotatable bonds is 6. The van der Waals surface area contributed by atoms with Gasteiger partial charge in [0.1, 0.15) is 5.75 Å². The first-order chi connectivity index (χ1) is 11.3. The van der Waals surface area contributed by atoms with Crippen LogP contribution in [0.3, 0.4) is 0 Å². The molecule has 142 valence electrons. The fraction of sp³-hybridized carbons (Fsp3) is 0.632. The minimum Gasteiger partial charge on any atom is -0.491 e. The number of nitrogens with two attached hydrogens (primary N) is 1. The van der Waals surface area contributed by atoms with Gasteiger partial charge in [0, 0.05) is 25.7 Å². The molecule has 0 saturated carbocycles. The van der Waals surface area contributed by atoms with Crippen LogP contribution in [-0.4, -0.2) is 42.6 Å². The van der Waals surface area contributed by atoms with E-state index in [1.807, 2.05) is 38.1 Å². The molecule has 1 aromatic rings. The summed E-state index contributed by atoms with van der Waals surface area (Å²) < 4.78 is 5.68. The van der Waals surface area contributed by atoms with Crippen molar-refractivity contribution in [2.45, 2.75) is 52.8 Å². The lowest BCUT2D eigenvalue weighted by Gasteiger charge is -2.42. The highest BCUT2D eigenvalue weighted by Gasteiger charge is 2.33. The zero-order valence-corrected chi connectivity index (χ0v) is 16.6. The van der Waals surface area contributed by atoms with Gasteiger partial charge in [0.15, 0.2) is 0 Å². The quantitative estimate of drug-likeness (QED) is 0.808. The van der Waals surface area contributed by atoms with Gasteiger partial charge in [0.2, 0.25) is 5.91 Å². The standard InChI is InChI=1S/C19H31N3O2.ClH/c1-14(2)24-16-7-5-6-15(10-16)11-21-18(23)12-22-9-8-17(20)19(3,4)13-22;/h5-7,10,14,17H,8-9,11-13,20H2,1-4H3,(H,21,23);1H. The number of halogens is 1. The van der Waals surface area contributed by atoms with Crippen LogP contribution in [0.2, 0.25) is 0 Å². The minimum absolute atomic E-state index is 0. The molecule has 1 atom stereocenters. The van der Waals surface area contributed by atoms with Crippen molar-refractivity contribution in [3.63, 3.8) is 0 Å². The SMILES string of the molecule is CC(C)Oc1cccc(CNC(=O)CN2CCC(N)C(C)(C)C2)c1.Cl. The molecule has 0 radical (unpaired) electrons. The molecule has 1 aliphatic heterocycles. The van der Waals surface area contributed by atoms with Crippen LogP contribution < -0.4 is 15.8 Å². The summed E-state index contributed by atoms with van der Waals surface area (Å²) in [7, 11) is 0. The maximum Gasteiger partial charge on any atom is 0.234 e. The monoisotopic (exact) mass is 369 g/mol.